The van der Waals surface area contributed by atoms with Gasteiger partial charge in [-0.2, -0.15) is 0 Å². The zero-order chi connectivity index (χ0) is 8.27. The van der Waals surface area contributed by atoms with Crippen LogP contribution in [-0.2, 0) is 4.79 Å². The molecule has 1 aliphatic rings. The molecule has 1 atom stereocenters. The largest absolute Gasteiger partial charge is 0.343 e. The standard InChI is InChI=1S/C9H17NO/c1-3-4-9-5-6-10(7-9)8(2)11/h9H,3-7H2,1-2H3/t9-/m0/s1. The SMILES string of the molecule is CCC[C@H]1CCN(C(C)=O)C1. The van der Waals surface area contributed by atoms with Gasteiger partial charge in [0.15, 0.2) is 0 Å². The third-order valence-electron chi connectivity index (χ3n) is 2.43. The number of carbonyl (C=O) groups is 1. The second kappa shape index (κ2) is 3.74. The molecule has 0 N–H and O–H groups in total. The van der Waals surface area contributed by atoms with Crippen LogP contribution in [0, 0.1) is 5.92 Å². The first-order valence-corrected chi connectivity index (χ1v) is 4.49. The maximum atomic E-state index is 10.9. The highest BCUT2D eigenvalue weighted by atomic mass is 16.2. The summed E-state index contributed by atoms with van der Waals surface area (Å²) < 4.78 is 0. The molecule has 1 rings (SSSR count). The molecule has 1 fully saturated rings. The Labute approximate surface area is 68.6 Å². The first-order chi connectivity index (χ1) is 5.24. The van der Waals surface area contributed by atoms with E-state index >= 15 is 0 Å². The van der Waals surface area contributed by atoms with Gasteiger partial charge in [-0.1, -0.05) is 13.3 Å². The van der Waals surface area contributed by atoms with Crippen LogP contribution in [0.2, 0.25) is 0 Å². The lowest BCUT2D eigenvalue weighted by molar-refractivity contribution is -0.127. The Balaban J connectivity index is 2.29. The fourth-order valence-corrected chi connectivity index (χ4v) is 1.76. The molecule has 0 aromatic carbocycles. The van der Waals surface area contributed by atoms with Gasteiger partial charge in [0.2, 0.25) is 5.91 Å². The zero-order valence-electron chi connectivity index (χ0n) is 7.47. The molecule has 1 amide bonds. The lowest BCUT2D eigenvalue weighted by Crippen LogP contribution is -2.25. The maximum Gasteiger partial charge on any atom is 0.219 e. The molecule has 0 bridgehead atoms. The quantitative estimate of drug-likeness (QED) is 0.594. The predicted octanol–water partition coefficient (Wildman–Crippen LogP) is 1.65. The van der Waals surface area contributed by atoms with Crippen molar-refractivity contribution in [3.63, 3.8) is 0 Å². The van der Waals surface area contributed by atoms with Crippen molar-refractivity contribution in [2.75, 3.05) is 13.1 Å². The highest BCUT2D eigenvalue weighted by Crippen LogP contribution is 2.20. The van der Waals surface area contributed by atoms with Crippen molar-refractivity contribution < 1.29 is 4.79 Å². The summed E-state index contributed by atoms with van der Waals surface area (Å²) in [6.07, 6.45) is 3.74. The van der Waals surface area contributed by atoms with Crippen molar-refractivity contribution in [1.82, 2.24) is 4.90 Å². The maximum absolute atomic E-state index is 10.9. The molecule has 1 heterocycles. The first kappa shape index (κ1) is 8.57. The molecule has 0 aromatic rings. The van der Waals surface area contributed by atoms with Crippen LogP contribution < -0.4 is 0 Å². The minimum atomic E-state index is 0.239. The second-order valence-corrected chi connectivity index (χ2v) is 3.41. The van der Waals surface area contributed by atoms with E-state index in [4.69, 9.17) is 0 Å². The van der Waals surface area contributed by atoms with Gasteiger partial charge < -0.3 is 4.90 Å². The molecule has 0 spiro atoms. The lowest BCUT2D eigenvalue weighted by atomic mass is 10.0. The molecule has 64 valence electrons. The normalized spacial score (nSPS) is 24.2. The Kier molecular flexibility index (Phi) is 2.92. The molecule has 2 nitrogen and oxygen atoms in total. The van der Waals surface area contributed by atoms with Gasteiger partial charge in [0, 0.05) is 20.0 Å². The molecule has 11 heavy (non-hydrogen) atoms. The van der Waals surface area contributed by atoms with E-state index in [0.717, 1.165) is 19.0 Å². The lowest BCUT2D eigenvalue weighted by Gasteiger charge is -2.12. The Morgan fingerprint density at radius 3 is 2.82 bits per heavy atom. The van der Waals surface area contributed by atoms with Gasteiger partial charge in [-0.05, 0) is 18.8 Å². The van der Waals surface area contributed by atoms with E-state index in [0.29, 0.717) is 0 Å². The fourth-order valence-electron chi connectivity index (χ4n) is 1.76. The molecular formula is C9H17NO. The summed E-state index contributed by atoms with van der Waals surface area (Å²) in [5, 5.41) is 0. The third-order valence-corrected chi connectivity index (χ3v) is 2.43. The minimum absolute atomic E-state index is 0.239. The van der Waals surface area contributed by atoms with Crippen molar-refractivity contribution in [3.05, 3.63) is 0 Å². The average molecular weight is 155 g/mol. The Morgan fingerprint density at radius 2 is 2.36 bits per heavy atom. The molecule has 0 radical (unpaired) electrons. The molecule has 0 unspecified atom stereocenters. The van der Waals surface area contributed by atoms with Gasteiger partial charge in [-0.3, -0.25) is 4.79 Å². The summed E-state index contributed by atoms with van der Waals surface area (Å²) in [6.45, 7) is 5.86. The Hall–Kier alpha value is -0.530. The first-order valence-electron chi connectivity index (χ1n) is 4.49. The Bertz CT molecular complexity index is 144. The van der Waals surface area contributed by atoms with Gasteiger partial charge in [0.1, 0.15) is 0 Å². The van der Waals surface area contributed by atoms with Crippen molar-refractivity contribution in [2.45, 2.75) is 33.1 Å². The van der Waals surface area contributed by atoms with Crippen LogP contribution in [0.3, 0.4) is 0 Å². The summed E-state index contributed by atoms with van der Waals surface area (Å²) >= 11 is 0. The Morgan fingerprint density at radius 1 is 1.64 bits per heavy atom. The number of hydrogen-bond donors (Lipinski definition) is 0. The van der Waals surface area contributed by atoms with Crippen LogP contribution >= 0.6 is 0 Å². The number of nitrogens with zero attached hydrogens (tertiary/aromatic N) is 1. The van der Waals surface area contributed by atoms with Crippen molar-refractivity contribution in [1.29, 1.82) is 0 Å². The average Bonchev–Trinajstić information content (AvgIpc) is 2.37. The van der Waals surface area contributed by atoms with Gasteiger partial charge in [0.05, 0.1) is 0 Å². The highest BCUT2D eigenvalue weighted by Gasteiger charge is 2.22. The highest BCUT2D eigenvalue weighted by molar-refractivity contribution is 5.73. The molecule has 1 saturated heterocycles. The number of likely N-dealkylation sites (tertiary alicyclic amines) is 1. The van der Waals surface area contributed by atoms with Crippen LogP contribution in [-0.4, -0.2) is 23.9 Å². The summed E-state index contributed by atoms with van der Waals surface area (Å²) in [5.74, 6) is 1.02. The van der Waals surface area contributed by atoms with Gasteiger partial charge in [-0.15, -0.1) is 0 Å². The fraction of sp³-hybridized carbons (Fsp3) is 0.889. The second-order valence-electron chi connectivity index (χ2n) is 3.41. The van der Waals surface area contributed by atoms with Crippen molar-refractivity contribution in [3.8, 4) is 0 Å². The smallest absolute Gasteiger partial charge is 0.219 e. The van der Waals surface area contributed by atoms with Gasteiger partial charge in [0.25, 0.3) is 0 Å². The minimum Gasteiger partial charge on any atom is -0.343 e. The number of amides is 1. The van der Waals surface area contributed by atoms with Crippen molar-refractivity contribution in [2.24, 2.45) is 5.92 Å². The molecule has 0 aromatic heterocycles. The van der Waals surface area contributed by atoms with Gasteiger partial charge >= 0.3 is 0 Å². The van der Waals surface area contributed by atoms with E-state index in [1.807, 2.05) is 4.90 Å². The van der Waals surface area contributed by atoms with Crippen LogP contribution in [0.25, 0.3) is 0 Å². The van der Waals surface area contributed by atoms with E-state index in [1.165, 1.54) is 19.3 Å². The molecule has 0 saturated carbocycles. The predicted molar refractivity (Wildman–Crippen MR) is 45.3 cm³/mol. The van der Waals surface area contributed by atoms with E-state index < -0.39 is 0 Å². The number of hydrogen-bond acceptors (Lipinski definition) is 1. The summed E-state index contributed by atoms with van der Waals surface area (Å²) in [5.41, 5.74) is 0. The van der Waals surface area contributed by atoms with Gasteiger partial charge in [-0.25, -0.2) is 0 Å². The van der Waals surface area contributed by atoms with E-state index in [2.05, 4.69) is 6.92 Å². The molecule has 0 aliphatic carbocycles. The van der Waals surface area contributed by atoms with Crippen molar-refractivity contribution >= 4 is 5.91 Å². The monoisotopic (exact) mass is 155 g/mol. The van der Waals surface area contributed by atoms with Crippen LogP contribution in [0.4, 0.5) is 0 Å². The van der Waals surface area contributed by atoms with E-state index in [9.17, 15) is 4.79 Å². The van der Waals surface area contributed by atoms with E-state index in [1.54, 1.807) is 6.92 Å². The summed E-state index contributed by atoms with van der Waals surface area (Å²) in [7, 11) is 0. The molecular weight excluding hydrogens is 138 g/mol. The number of rotatable bonds is 2. The van der Waals surface area contributed by atoms with Crippen LogP contribution in [0.15, 0.2) is 0 Å². The number of carbonyl (C=O) groups excluding carboxylic acids is 1. The summed E-state index contributed by atoms with van der Waals surface area (Å²) in [4.78, 5) is 12.9. The van der Waals surface area contributed by atoms with Crippen LogP contribution in [0.5, 0.6) is 0 Å². The third kappa shape index (κ3) is 2.21. The molecule has 1 aliphatic heterocycles. The van der Waals surface area contributed by atoms with E-state index in [-0.39, 0.29) is 5.91 Å². The molecule has 2 heteroatoms. The zero-order valence-corrected chi connectivity index (χ0v) is 7.47. The topological polar surface area (TPSA) is 20.3 Å². The summed E-state index contributed by atoms with van der Waals surface area (Å²) in [6, 6.07) is 0. The van der Waals surface area contributed by atoms with Crippen LogP contribution in [0.1, 0.15) is 33.1 Å².